The first-order valence-corrected chi connectivity index (χ1v) is 9.22. The molecule has 0 aromatic carbocycles. The zero-order chi connectivity index (χ0) is 14.5. The van der Waals surface area contributed by atoms with Gasteiger partial charge >= 0.3 is 5.97 Å². The van der Waals surface area contributed by atoms with E-state index < -0.39 is 0 Å². The summed E-state index contributed by atoms with van der Waals surface area (Å²) >= 11 is 1.93. The molecular weight excluding hydrogens is 270 g/mol. The van der Waals surface area contributed by atoms with E-state index in [0.29, 0.717) is 30.2 Å². The van der Waals surface area contributed by atoms with Gasteiger partial charge in [-0.15, -0.1) is 0 Å². The number of nitrogens with one attached hydrogen (secondary N) is 1. The third-order valence-corrected chi connectivity index (χ3v) is 5.79. The Kier molecular flexibility index (Phi) is 6.21. The van der Waals surface area contributed by atoms with E-state index in [1.54, 1.807) is 0 Å². The first kappa shape index (κ1) is 16.2. The molecule has 2 rings (SSSR count). The minimum Gasteiger partial charge on any atom is -0.462 e. The highest BCUT2D eigenvalue weighted by Crippen LogP contribution is 2.35. The number of hydrogen-bond acceptors (Lipinski definition) is 4. The minimum absolute atomic E-state index is 0.00486. The molecule has 0 bridgehead atoms. The molecule has 2 fully saturated rings. The van der Waals surface area contributed by atoms with Gasteiger partial charge in [0.15, 0.2) is 0 Å². The van der Waals surface area contributed by atoms with Gasteiger partial charge in [-0.3, -0.25) is 4.79 Å². The molecule has 4 atom stereocenters. The van der Waals surface area contributed by atoms with Crippen molar-refractivity contribution in [2.24, 2.45) is 17.8 Å². The highest BCUT2D eigenvalue weighted by molar-refractivity contribution is 7.99. The molecule has 4 heteroatoms. The largest absolute Gasteiger partial charge is 0.462 e. The molecule has 1 saturated carbocycles. The van der Waals surface area contributed by atoms with E-state index in [1.807, 2.05) is 11.8 Å². The van der Waals surface area contributed by atoms with Crippen molar-refractivity contribution in [2.45, 2.75) is 58.6 Å². The Balaban J connectivity index is 1.83. The average Bonchev–Trinajstić information content (AvgIpc) is 2.39. The van der Waals surface area contributed by atoms with Gasteiger partial charge in [0.1, 0.15) is 6.10 Å². The van der Waals surface area contributed by atoms with E-state index >= 15 is 0 Å². The minimum atomic E-state index is -0.00486. The Morgan fingerprint density at radius 2 is 2.20 bits per heavy atom. The Bertz CT molecular complexity index is 316. The number of esters is 1. The van der Waals surface area contributed by atoms with Gasteiger partial charge in [0.25, 0.3) is 0 Å². The molecule has 1 aliphatic heterocycles. The van der Waals surface area contributed by atoms with E-state index in [4.69, 9.17) is 4.74 Å². The van der Waals surface area contributed by atoms with Gasteiger partial charge in [-0.2, -0.15) is 11.8 Å². The van der Waals surface area contributed by atoms with Crippen LogP contribution in [0.15, 0.2) is 0 Å². The van der Waals surface area contributed by atoms with Gasteiger partial charge in [0, 0.05) is 24.1 Å². The van der Waals surface area contributed by atoms with Crippen molar-refractivity contribution in [3.05, 3.63) is 0 Å². The summed E-state index contributed by atoms with van der Waals surface area (Å²) in [5, 5.41) is 3.41. The third kappa shape index (κ3) is 4.66. The van der Waals surface area contributed by atoms with Crippen molar-refractivity contribution in [1.82, 2.24) is 5.32 Å². The average molecular weight is 299 g/mol. The molecule has 116 valence electrons. The Morgan fingerprint density at radius 1 is 1.40 bits per heavy atom. The number of carbonyl (C=O) groups excluding carboxylic acids is 1. The lowest BCUT2D eigenvalue weighted by Crippen LogP contribution is -2.41. The molecule has 1 N–H and O–H groups in total. The maximum absolute atomic E-state index is 12.2. The Labute approximate surface area is 127 Å². The first-order valence-electron chi connectivity index (χ1n) is 8.07. The molecule has 4 unspecified atom stereocenters. The summed E-state index contributed by atoms with van der Waals surface area (Å²) in [5.74, 6) is 4.01. The van der Waals surface area contributed by atoms with Crippen molar-refractivity contribution in [3.63, 3.8) is 0 Å². The van der Waals surface area contributed by atoms with Crippen LogP contribution in [0.4, 0.5) is 0 Å². The highest BCUT2D eigenvalue weighted by atomic mass is 32.2. The van der Waals surface area contributed by atoms with Crippen molar-refractivity contribution in [2.75, 3.05) is 18.1 Å². The summed E-state index contributed by atoms with van der Waals surface area (Å²) in [4.78, 5) is 12.2. The third-order valence-electron chi connectivity index (χ3n) is 4.66. The predicted molar refractivity (Wildman–Crippen MR) is 85.0 cm³/mol. The number of ether oxygens (including phenoxy) is 1. The normalized spacial score (nSPS) is 35.0. The zero-order valence-electron chi connectivity index (χ0n) is 13.1. The highest BCUT2D eigenvalue weighted by Gasteiger charge is 2.33. The lowest BCUT2D eigenvalue weighted by molar-refractivity contribution is -0.156. The molecule has 2 aliphatic rings. The van der Waals surface area contributed by atoms with Gasteiger partial charge in [-0.25, -0.2) is 0 Å². The maximum atomic E-state index is 12.2. The second-order valence-electron chi connectivity index (χ2n) is 6.78. The summed E-state index contributed by atoms with van der Waals surface area (Å²) < 4.78 is 5.85. The SMILES string of the molecule is CC1CCC(C(C)C)C(OC(=O)CC2CSCCN2)C1. The van der Waals surface area contributed by atoms with Gasteiger partial charge in [-0.1, -0.05) is 27.2 Å². The summed E-state index contributed by atoms with van der Waals surface area (Å²) in [6.07, 6.45) is 4.19. The second-order valence-corrected chi connectivity index (χ2v) is 7.93. The fraction of sp³-hybridized carbons (Fsp3) is 0.938. The standard InChI is InChI=1S/C16H29NO2S/c1-11(2)14-5-4-12(3)8-15(14)19-16(18)9-13-10-20-7-6-17-13/h11-15,17H,4-10H2,1-3H3. The van der Waals surface area contributed by atoms with Crippen LogP contribution in [0, 0.1) is 17.8 Å². The molecule has 1 saturated heterocycles. The summed E-state index contributed by atoms with van der Waals surface area (Å²) in [6, 6.07) is 0.305. The molecule has 0 aromatic rings. The van der Waals surface area contributed by atoms with Gasteiger partial charge in [-0.05, 0) is 30.6 Å². The van der Waals surface area contributed by atoms with Crippen molar-refractivity contribution in [1.29, 1.82) is 0 Å². The van der Waals surface area contributed by atoms with Gasteiger partial charge in [0.05, 0.1) is 6.42 Å². The van der Waals surface area contributed by atoms with Gasteiger partial charge < -0.3 is 10.1 Å². The fourth-order valence-corrected chi connectivity index (χ4v) is 4.37. The second kappa shape index (κ2) is 7.69. The molecule has 20 heavy (non-hydrogen) atoms. The van der Waals surface area contributed by atoms with Crippen LogP contribution < -0.4 is 5.32 Å². The molecule has 0 spiro atoms. The first-order chi connectivity index (χ1) is 9.56. The van der Waals surface area contributed by atoms with Crippen LogP contribution in [0.2, 0.25) is 0 Å². The lowest BCUT2D eigenvalue weighted by atomic mass is 9.75. The predicted octanol–water partition coefficient (Wildman–Crippen LogP) is 3.09. The van der Waals surface area contributed by atoms with Crippen LogP contribution in [-0.4, -0.2) is 36.2 Å². The summed E-state index contributed by atoms with van der Waals surface area (Å²) in [6.45, 7) is 7.79. The number of rotatable bonds is 4. The monoisotopic (exact) mass is 299 g/mol. The van der Waals surface area contributed by atoms with Crippen molar-refractivity contribution in [3.8, 4) is 0 Å². The van der Waals surface area contributed by atoms with E-state index in [-0.39, 0.29) is 12.1 Å². The number of thioether (sulfide) groups is 1. The van der Waals surface area contributed by atoms with E-state index in [2.05, 4.69) is 26.1 Å². The number of hydrogen-bond donors (Lipinski definition) is 1. The fourth-order valence-electron chi connectivity index (χ4n) is 3.42. The van der Waals surface area contributed by atoms with Crippen LogP contribution >= 0.6 is 11.8 Å². The molecule has 0 aromatic heterocycles. The molecular formula is C16H29NO2S. The van der Waals surface area contributed by atoms with Crippen LogP contribution in [0.25, 0.3) is 0 Å². The van der Waals surface area contributed by atoms with Crippen LogP contribution in [-0.2, 0) is 9.53 Å². The molecule has 0 radical (unpaired) electrons. The van der Waals surface area contributed by atoms with Crippen LogP contribution in [0.5, 0.6) is 0 Å². The quantitative estimate of drug-likeness (QED) is 0.810. The van der Waals surface area contributed by atoms with Crippen molar-refractivity contribution < 1.29 is 9.53 Å². The lowest BCUT2D eigenvalue weighted by Gasteiger charge is -2.37. The molecule has 0 amide bonds. The molecule has 3 nitrogen and oxygen atoms in total. The van der Waals surface area contributed by atoms with E-state index in [1.165, 1.54) is 12.8 Å². The maximum Gasteiger partial charge on any atom is 0.307 e. The summed E-state index contributed by atoms with van der Waals surface area (Å²) in [7, 11) is 0. The molecule has 1 heterocycles. The van der Waals surface area contributed by atoms with Crippen LogP contribution in [0.3, 0.4) is 0 Å². The van der Waals surface area contributed by atoms with Gasteiger partial charge in [0.2, 0.25) is 0 Å². The van der Waals surface area contributed by atoms with E-state index in [9.17, 15) is 4.79 Å². The smallest absolute Gasteiger partial charge is 0.307 e. The van der Waals surface area contributed by atoms with Crippen molar-refractivity contribution >= 4 is 17.7 Å². The number of carbonyl (C=O) groups is 1. The Hall–Kier alpha value is -0.220. The molecule has 1 aliphatic carbocycles. The Morgan fingerprint density at radius 3 is 2.85 bits per heavy atom. The van der Waals surface area contributed by atoms with E-state index in [0.717, 1.165) is 24.5 Å². The zero-order valence-corrected chi connectivity index (χ0v) is 13.9. The summed E-state index contributed by atoms with van der Waals surface area (Å²) in [5.41, 5.74) is 0. The van der Waals surface area contributed by atoms with Crippen LogP contribution in [0.1, 0.15) is 46.5 Å². The topological polar surface area (TPSA) is 38.3 Å².